The number of carbonyl (C=O) groups excluding carboxylic acids is 2. The Morgan fingerprint density at radius 1 is 1.04 bits per heavy atom. The Labute approximate surface area is 262 Å². The molecule has 3 amide bonds. The van der Waals surface area contributed by atoms with Crippen LogP contribution >= 0.6 is 0 Å². The second kappa shape index (κ2) is 13.2. The van der Waals surface area contributed by atoms with Crippen molar-refractivity contribution in [3.63, 3.8) is 0 Å². The van der Waals surface area contributed by atoms with Crippen molar-refractivity contribution in [3.05, 3.63) is 71.8 Å². The lowest BCUT2D eigenvalue weighted by Gasteiger charge is -2.34. The second-order valence-electron chi connectivity index (χ2n) is 11.5. The molecule has 0 unspecified atom stereocenters. The molecule has 3 aromatic carbocycles. The van der Waals surface area contributed by atoms with Crippen LogP contribution in [0.1, 0.15) is 25.0 Å². The highest BCUT2D eigenvalue weighted by atomic mass is 32.2. The van der Waals surface area contributed by atoms with Gasteiger partial charge in [0.2, 0.25) is 12.7 Å². The first-order valence-corrected chi connectivity index (χ1v) is 16.1. The number of aryl methyl sites for hydroxylation is 1. The van der Waals surface area contributed by atoms with Crippen LogP contribution in [0.15, 0.2) is 65.6 Å². The molecule has 45 heavy (non-hydrogen) atoms. The smallest absolute Gasteiger partial charge is 0.321 e. The Kier molecular flexibility index (Phi) is 9.40. The molecular weight excluding hydrogens is 600 g/mol. The molecule has 0 aliphatic carbocycles. The number of amides is 3. The average Bonchev–Trinajstić information content (AvgIpc) is 3.48. The Hall–Kier alpha value is -4.49. The van der Waals surface area contributed by atoms with E-state index in [1.54, 1.807) is 67.4 Å². The van der Waals surface area contributed by atoms with Gasteiger partial charge in [-0.3, -0.25) is 9.52 Å². The average molecular weight is 639 g/mol. The predicted molar refractivity (Wildman–Crippen MR) is 168 cm³/mol. The summed E-state index contributed by atoms with van der Waals surface area (Å²) >= 11 is 0. The van der Waals surface area contributed by atoms with E-state index in [1.807, 2.05) is 13.8 Å². The molecule has 12 nitrogen and oxygen atoms in total. The number of rotatable bonds is 8. The number of aliphatic hydroxyl groups excluding tert-OH is 1. The number of hydrogen-bond donors (Lipinski definition) is 3. The first-order valence-electron chi connectivity index (χ1n) is 14.6. The lowest BCUT2D eigenvalue weighted by Crippen LogP contribution is -2.48. The molecule has 0 fully saturated rings. The van der Waals surface area contributed by atoms with E-state index in [1.165, 1.54) is 17.0 Å². The summed E-state index contributed by atoms with van der Waals surface area (Å²) < 4.78 is 45.9. The van der Waals surface area contributed by atoms with Crippen molar-refractivity contribution in [2.24, 2.45) is 5.92 Å². The van der Waals surface area contributed by atoms with Gasteiger partial charge < -0.3 is 34.4 Å². The van der Waals surface area contributed by atoms with Crippen molar-refractivity contribution in [2.45, 2.75) is 44.2 Å². The predicted octanol–water partition coefficient (Wildman–Crippen LogP) is 3.84. The Bertz CT molecular complexity index is 1660. The number of urea groups is 1. The molecule has 5 rings (SSSR count). The number of benzene rings is 3. The fourth-order valence-electron chi connectivity index (χ4n) is 5.19. The molecule has 13 heteroatoms. The van der Waals surface area contributed by atoms with Crippen LogP contribution in [0.4, 0.5) is 16.2 Å². The van der Waals surface area contributed by atoms with Gasteiger partial charge in [-0.2, -0.15) is 0 Å². The molecule has 2 aliphatic heterocycles. The van der Waals surface area contributed by atoms with E-state index in [2.05, 4.69) is 10.0 Å². The number of carbonyl (C=O) groups is 2. The summed E-state index contributed by atoms with van der Waals surface area (Å²) in [5.41, 5.74) is 2.23. The molecule has 0 radical (unpaired) electrons. The number of anilines is 2. The van der Waals surface area contributed by atoms with E-state index in [-0.39, 0.29) is 61.3 Å². The first kappa shape index (κ1) is 31.9. The molecule has 0 aromatic heterocycles. The van der Waals surface area contributed by atoms with E-state index in [0.717, 1.165) is 5.56 Å². The summed E-state index contributed by atoms with van der Waals surface area (Å²) in [7, 11) is -2.23. The third kappa shape index (κ3) is 7.43. The minimum Gasteiger partial charge on any atom is -0.488 e. The van der Waals surface area contributed by atoms with Crippen LogP contribution in [0.25, 0.3) is 0 Å². The van der Waals surface area contributed by atoms with Gasteiger partial charge in [-0.25, -0.2) is 13.2 Å². The highest BCUT2D eigenvalue weighted by Gasteiger charge is 2.32. The van der Waals surface area contributed by atoms with E-state index in [0.29, 0.717) is 28.5 Å². The first-order chi connectivity index (χ1) is 21.4. The lowest BCUT2D eigenvalue weighted by atomic mass is 10.0. The molecule has 0 spiro atoms. The Morgan fingerprint density at radius 3 is 2.47 bits per heavy atom. The van der Waals surface area contributed by atoms with Crippen molar-refractivity contribution in [3.8, 4) is 17.2 Å². The maximum atomic E-state index is 13.5. The van der Waals surface area contributed by atoms with Gasteiger partial charge in [0.25, 0.3) is 10.0 Å². The molecule has 2 aliphatic rings. The summed E-state index contributed by atoms with van der Waals surface area (Å²) in [5.74, 6) is 1.08. The minimum atomic E-state index is -3.88. The van der Waals surface area contributed by atoms with Crippen LogP contribution in [0.5, 0.6) is 17.2 Å². The maximum Gasteiger partial charge on any atom is 0.321 e. The normalized spacial score (nSPS) is 18.5. The van der Waals surface area contributed by atoms with Crippen LogP contribution in [0.2, 0.25) is 0 Å². The van der Waals surface area contributed by atoms with Crippen LogP contribution in [0.3, 0.4) is 0 Å². The monoisotopic (exact) mass is 638 g/mol. The van der Waals surface area contributed by atoms with Gasteiger partial charge >= 0.3 is 6.03 Å². The molecule has 0 saturated heterocycles. The number of nitrogens with one attached hydrogen (secondary N) is 2. The van der Waals surface area contributed by atoms with Crippen molar-refractivity contribution in [2.75, 3.05) is 43.6 Å². The highest BCUT2D eigenvalue weighted by Crippen LogP contribution is 2.34. The van der Waals surface area contributed by atoms with Crippen molar-refractivity contribution < 1.29 is 37.3 Å². The lowest BCUT2D eigenvalue weighted by molar-refractivity contribution is -0.134. The summed E-state index contributed by atoms with van der Waals surface area (Å²) in [6, 6.07) is 15.6. The van der Waals surface area contributed by atoms with Gasteiger partial charge in [0, 0.05) is 42.5 Å². The van der Waals surface area contributed by atoms with E-state index < -0.39 is 22.2 Å². The molecule has 0 bridgehead atoms. The summed E-state index contributed by atoms with van der Waals surface area (Å²) in [4.78, 5) is 29.9. The highest BCUT2D eigenvalue weighted by molar-refractivity contribution is 7.92. The van der Waals surface area contributed by atoms with Gasteiger partial charge in [0.1, 0.15) is 11.9 Å². The summed E-state index contributed by atoms with van der Waals surface area (Å²) in [6.45, 7) is 5.91. The van der Waals surface area contributed by atoms with Crippen LogP contribution < -0.4 is 24.2 Å². The van der Waals surface area contributed by atoms with Crippen LogP contribution in [-0.2, 0) is 21.2 Å². The molecule has 3 N–H and O–H groups in total. The summed E-state index contributed by atoms with van der Waals surface area (Å²) in [6.07, 6.45) is -0.620. The van der Waals surface area contributed by atoms with Crippen molar-refractivity contribution >= 4 is 33.3 Å². The number of likely N-dealkylation sites (N-methyl/N-ethyl adjacent to an activating group) is 1. The molecule has 3 atom stereocenters. The number of fused-ring (bicyclic) bond motifs is 2. The molecule has 2 heterocycles. The SMILES string of the molecule is Cc1ccc(S(=O)(=O)Nc2ccc3c(c2)CC(=O)N([C@@H](C)CO)C[C@@H](C)[C@H](CN(C)C(=O)Nc2ccc4c(c2)OCO4)O3)cc1. The Balaban J connectivity index is 1.38. The number of hydrogen-bond acceptors (Lipinski definition) is 8. The quantitative estimate of drug-likeness (QED) is 0.337. The van der Waals surface area contributed by atoms with Crippen molar-refractivity contribution in [1.29, 1.82) is 0 Å². The van der Waals surface area contributed by atoms with E-state index in [9.17, 15) is 23.1 Å². The van der Waals surface area contributed by atoms with E-state index in [4.69, 9.17) is 14.2 Å². The molecular formula is C32H38N4O8S. The van der Waals surface area contributed by atoms with Gasteiger partial charge in [-0.1, -0.05) is 24.6 Å². The fourth-order valence-corrected chi connectivity index (χ4v) is 6.24. The number of nitrogens with zero attached hydrogens (tertiary/aromatic N) is 2. The largest absolute Gasteiger partial charge is 0.488 e. The zero-order valence-corrected chi connectivity index (χ0v) is 26.5. The molecule has 0 saturated carbocycles. The van der Waals surface area contributed by atoms with Crippen LogP contribution in [-0.4, -0.2) is 80.9 Å². The fraction of sp³-hybridized carbons (Fsp3) is 0.375. The van der Waals surface area contributed by atoms with Crippen LogP contribution in [0, 0.1) is 12.8 Å². The number of ether oxygens (including phenoxy) is 3. The molecule has 3 aromatic rings. The van der Waals surface area contributed by atoms with Crippen molar-refractivity contribution in [1.82, 2.24) is 9.80 Å². The Morgan fingerprint density at radius 2 is 1.73 bits per heavy atom. The van der Waals surface area contributed by atoms with Gasteiger partial charge in [-0.15, -0.1) is 0 Å². The zero-order valence-electron chi connectivity index (χ0n) is 25.6. The topological polar surface area (TPSA) is 147 Å². The summed E-state index contributed by atoms with van der Waals surface area (Å²) in [5, 5.41) is 12.8. The zero-order chi connectivity index (χ0) is 32.3. The van der Waals surface area contributed by atoms with E-state index >= 15 is 0 Å². The third-order valence-corrected chi connectivity index (χ3v) is 9.32. The third-order valence-electron chi connectivity index (χ3n) is 7.92. The molecule has 240 valence electrons. The van der Waals surface area contributed by atoms with Gasteiger partial charge in [-0.05, 0) is 56.3 Å². The van der Waals surface area contributed by atoms with Gasteiger partial charge in [0.05, 0.1) is 30.5 Å². The maximum absolute atomic E-state index is 13.5. The minimum absolute atomic E-state index is 0.0698. The second-order valence-corrected chi connectivity index (χ2v) is 13.2. The van der Waals surface area contributed by atoms with Gasteiger partial charge in [0.15, 0.2) is 11.5 Å². The number of sulfonamides is 1. The standard InChI is InChI=1S/C32H38N4O8S/c1-20-5-9-26(10-6-20)45(40,41)34-25-8-11-27-23(13-25)14-31(38)36(22(3)18-37)16-21(2)30(44-27)17-35(4)32(39)33-24-7-12-28-29(15-24)43-19-42-28/h5-13,15,21-22,30,34,37H,14,16-19H2,1-4H3,(H,33,39)/t21-,22+,30+/m1/s1. The number of aliphatic hydroxyl groups is 1.